The summed E-state index contributed by atoms with van der Waals surface area (Å²) in [6.45, 7) is 6.00. The number of nitrogens with one attached hydrogen (secondary N) is 1. The van der Waals surface area contributed by atoms with Crippen molar-refractivity contribution in [2.45, 2.75) is 38.6 Å². The summed E-state index contributed by atoms with van der Waals surface area (Å²) in [6.07, 6.45) is 10.1. The zero-order valence-electron chi connectivity index (χ0n) is 16.5. The number of nitrogens with zero attached hydrogens (tertiary/aromatic N) is 1. The van der Waals surface area contributed by atoms with Gasteiger partial charge in [0.25, 0.3) is 0 Å². The Morgan fingerprint density at radius 1 is 1.21 bits per heavy atom. The Morgan fingerprint density at radius 3 is 2.69 bits per heavy atom. The van der Waals surface area contributed by atoms with Crippen LogP contribution in [0.4, 0.5) is 20.2 Å². The Balaban J connectivity index is 0.000000150. The number of aryl methyl sites for hydroxylation is 1. The average molecular weight is 393 g/mol. The molecule has 0 radical (unpaired) electrons. The number of H-pyrrole nitrogens is 1. The minimum absolute atomic E-state index is 0.0265. The minimum Gasteiger partial charge on any atom is -0.396 e. The standard InChI is InChI=1S/C13H12F2N2.C11H13N/c1-7-4-5-17(8-2-3-8)13-10(15)6-9(14)12(16)11(7)13;1-2-5-9-8-12-11-7-4-3-6-10(9)11/h4-6,8H,1-3,16H2;3-4,6-8,12H,2,5H2,1H3. The summed E-state index contributed by atoms with van der Waals surface area (Å²) in [4.78, 5) is 5.10. The van der Waals surface area contributed by atoms with E-state index in [0.29, 0.717) is 22.9 Å². The number of halogens is 2. The molecule has 5 heteroatoms. The third-order valence-electron chi connectivity index (χ3n) is 5.39. The van der Waals surface area contributed by atoms with Crippen molar-refractivity contribution in [1.82, 2.24) is 4.98 Å². The van der Waals surface area contributed by atoms with E-state index in [-0.39, 0.29) is 5.69 Å². The van der Waals surface area contributed by atoms with Crippen molar-refractivity contribution in [2.24, 2.45) is 0 Å². The number of fused-ring (bicyclic) bond motifs is 2. The van der Waals surface area contributed by atoms with Gasteiger partial charge in [0.2, 0.25) is 0 Å². The van der Waals surface area contributed by atoms with Gasteiger partial charge in [0, 0.05) is 41.0 Å². The third kappa shape index (κ3) is 3.65. The second-order valence-electron chi connectivity index (χ2n) is 7.57. The van der Waals surface area contributed by atoms with Crippen molar-refractivity contribution in [3.8, 4) is 0 Å². The number of allylic oxidation sites excluding steroid dienone is 2. The molecular weight excluding hydrogens is 368 g/mol. The quantitative estimate of drug-likeness (QED) is 0.522. The fourth-order valence-electron chi connectivity index (χ4n) is 3.79. The van der Waals surface area contributed by atoms with Gasteiger partial charge in [0.1, 0.15) is 5.82 Å². The van der Waals surface area contributed by atoms with Crippen LogP contribution in [0.5, 0.6) is 0 Å². The molecular formula is C24H25F2N3. The zero-order chi connectivity index (χ0) is 20.5. The summed E-state index contributed by atoms with van der Waals surface area (Å²) >= 11 is 0. The van der Waals surface area contributed by atoms with Crippen LogP contribution in [-0.4, -0.2) is 11.0 Å². The predicted octanol–water partition coefficient (Wildman–Crippen LogP) is 6.18. The van der Waals surface area contributed by atoms with Gasteiger partial charge in [-0.3, -0.25) is 0 Å². The Hall–Kier alpha value is -3.08. The summed E-state index contributed by atoms with van der Waals surface area (Å²) in [5.74, 6) is -1.31. The molecule has 0 unspecified atom stereocenters. The van der Waals surface area contributed by atoms with E-state index in [9.17, 15) is 8.78 Å². The molecule has 2 aliphatic rings. The fourth-order valence-corrected chi connectivity index (χ4v) is 3.79. The number of benzene rings is 2. The number of para-hydroxylation sites is 1. The lowest BCUT2D eigenvalue weighted by molar-refractivity contribution is 0.583. The Morgan fingerprint density at radius 2 is 1.97 bits per heavy atom. The van der Waals surface area contributed by atoms with Gasteiger partial charge in [0.15, 0.2) is 5.82 Å². The van der Waals surface area contributed by atoms with Crippen LogP contribution in [0.3, 0.4) is 0 Å². The maximum atomic E-state index is 13.9. The molecule has 1 aliphatic heterocycles. The number of nitrogen functional groups attached to an aromatic ring is 1. The number of anilines is 2. The average Bonchev–Trinajstić information content (AvgIpc) is 3.48. The lowest BCUT2D eigenvalue weighted by Gasteiger charge is -2.28. The first-order valence-electron chi connectivity index (χ1n) is 9.99. The van der Waals surface area contributed by atoms with Gasteiger partial charge in [-0.25, -0.2) is 8.78 Å². The van der Waals surface area contributed by atoms with Crippen LogP contribution < -0.4 is 10.6 Å². The first kappa shape index (κ1) is 19.2. The number of hydrogen-bond acceptors (Lipinski definition) is 2. The highest BCUT2D eigenvalue weighted by molar-refractivity contribution is 5.92. The van der Waals surface area contributed by atoms with Crippen LogP contribution in [0.15, 0.2) is 55.4 Å². The van der Waals surface area contributed by atoms with Gasteiger partial charge in [0.05, 0.1) is 11.4 Å². The second kappa shape index (κ2) is 7.74. The van der Waals surface area contributed by atoms with Crippen LogP contribution in [-0.2, 0) is 6.42 Å². The van der Waals surface area contributed by atoms with Crippen molar-refractivity contribution >= 4 is 27.9 Å². The maximum absolute atomic E-state index is 13.9. The molecule has 3 nitrogen and oxygen atoms in total. The summed E-state index contributed by atoms with van der Waals surface area (Å²) in [5.41, 5.74) is 9.64. The second-order valence-corrected chi connectivity index (χ2v) is 7.57. The summed E-state index contributed by atoms with van der Waals surface area (Å²) in [6, 6.07) is 9.60. The lowest BCUT2D eigenvalue weighted by Crippen LogP contribution is -2.24. The molecule has 1 fully saturated rings. The molecule has 0 amide bonds. The number of aromatic nitrogens is 1. The van der Waals surface area contributed by atoms with Crippen LogP contribution in [0.25, 0.3) is 16.5 Å². The van der Waals surface area contributed by atoms with Crippen LogP contribution >= 0.6 is 0 Å². The van der Waals surface area contributed by atoms with E-state index in [1.165, 1.54) is 29.3 Å². The van der Waals surface area contributed by atoms with E-state index in [1.807, 2.05) is 4.90 Å². The molecule has 3 aromatic rings. The highest BCUT2D eigenvalue weighted by Crippen LogP contribution is 2.44. The number of rotatable bonds is 3. The minimum atomic E-state index is -0.728. The van der Waals surface area contributed by atoms with Crippen molar-refractivity contribution in [3.05, 3.63) is 78.1 Å². The monoisotopic (exact) mass is 393 g/mol. The van der Waals surface area contributed by atoms with Crippen molar-refractivity contribution < 1.29 is 8.78 Å². The molecule has 29 heavy (non-hydrogen) atoms. The van der Waals surface area contributed by atoms with Crippen molar-refractivity contribution in [1.29, 1.82) is 0 Å². The molecule has 0 spiro atoms. The maximum Gasteiger partial charge on any atom is 0.150 e. The topological polar surface area (TPSA) is 45.0 Å². The molecule has 0 atom stereocenters. The number of hydrogen-bond donors (Lipinski definition) is 2. The third-order valence-corrected chi connectivity index (χ3v) is 5.39. The van der Waals surface area contributed by atoms with Gasteiger partial charge in [-0.2, -0.15) is 0 Å². The Bertz CT molecular complexity index is 1090. The first-order chi connectivity index (χ1) is 14.0. The predicted molar refractivity (Wildman–Crippen MR) is 117 cm³/mol. The fraction of sp³-hybridized carbons (Fsp3) is 0.250. The van der Waals surface area contributed by atoms with E-state index in [4.69, 9.17) is 5.73 Å². The Kier molecular flexibility index (Phi) is 5.14. The molecule has 2 aromatic carbocycles. The summed E-state index contributed by atoms with van der Waals surface area (Å²) < 4.78 is 27.3. The molecule has 2 heterocycles. The van der Waals surface area contributed by atoms with Crippen LogP contribution in [0.1, 0.15) is 37.3 Å². The van der Waals surface area contributed by atoms with Gasteiger partial charge in [-0.15, -0.1) is 0 Å². The van der Waals surface area contributed by atoms with Gasteiger partial charge >= 0.3 is 0 Å². The van der Waals surface area contributed by atoms with E-state index in [2.05, 4.69) is 48.9 Å². The first-order valence-corrected chi connectivity index (χ1v) is 9.99. The molecule has 150 valence electrons. The molecule has 1 aliphatic carbocycles. The van der Waals surface area contributed by atoms with Crippen molar-refractivity contribution in [3.63, 3.8) is 0 Å². The molecule has 5 rings (SSSR count). The normalized spacial score (nSPS) is 15.3. The van der Waals surface area contributed by atoms with Crippen LogP contribution in [0, 0.1) is 11.6 Å². The SMILES string of the molecule is C=C1C=CN(C2CC2)c2c(F)cc(F)c(N)c21.CCCc1c[nH]c2ccccc12. The van der Waals surface area contributed by atoms with Gasteiger partial charge in [-0.1, -0.05) is 38.1 Å². The van der Waals surface area contributed by atoms with E-state index < -0.39 is 11.6 Å². The Labute approximate surface area is 169 Å². The van der Waals surface area contributed by atoms with E-state index >= 15 is 0 Å². The summed E-state index contributed by atoms with van der Waals surface area (Å²) in [7, 11) is 0. The van der Waals surface area contributed by atoms with Crippen molar-refractivity contribution in [2.75, 3.05) is 10.6 Å². The largest absolute Gasteiger partial charge is 0.396 e. The van der Waals surface area contributed by atoms with Crippen LogP contribution in [0.2, 0.25) is 0 Å². The van der Waals surface area contributed by atoms with Gasteiger partial charge in [-0.05, 0) is 42.5 Å². The smallest absolute Gasteiger partial charge is 0.150 e. The molecule has 3 N–H and O–H groups in total. The molecule has 1 aromatic heterocycles. The highest BCUT2D eigenvalue weighted by Gasteiger charge is 2.34. The van der Waals surface area contributed by atoms with Gasteiger partial charge < -0.3 is 15.6 Å². The number of nitrogens with two attached hydrogens (primary N) is 1. The van der Waals surface area contributed by atoms with E-state index in [1.54, 1.807) is 12.3 Å². The highest BCUT2D eigenvalue weighted by atomic mass is 19.1. The summed E-state index contributed by atoms with van der Waals surface area (Å²) in [5, 5.41) is 1.37. The zero-order valence-corrected chi connectivity index (χ0v) is 16.5. The molecule has 1 saturated carbocycles. The number of aromatic amines is 1. The van der Waals surface area contributed by atoms with E-state index in [0.717, 1.165) is 18.9 Å². The molecule has 0 saturated heterocycles. The lowest BCUT2D eigenvalue weighted by atomic mass is 9.98. The molecule has 0 bridgehead atoms.